The minimum atomic E-state index is -0.541. The van der Waals surface area contributed by atoms with Gasteiger partial charge in [0.05, 0.1) is 5.69 Å². The predicted octanol–water partition coefficient (Wildman–Crippen LogP) is 2.81. The maximum Gasteiger partial charge on any atom is 0.247 e. The van der Waals surface area contributed by atoms with Crippen molar-refractivity contribution in [3.05, 3.63) is 72.7 Å². The molecule has 0 saturated carbocycles. The fraction of sp³-hybridized carbons (Fsp3) is 0.217. The molecule has 0 spiro atoms. The summed E-state index contributed by atoms with van der Waals surface area (Å²) in [5, 5.41) is 4.71. The lowest BCUT2D eigenvalue weighted by Crippen LogP contribution is -2.49. The minimum Gasteiger partial charge on any atom is -0.368 e. The summed E-state index contributed by atoms with van der Waals surface area (Å²) in [6, 6.07) is 13.0. The Morgan fingerprint density at radius 2 is 1.93 bits per heavy atom. The molecule has 0 radical (unpaired) electrons. The van der Waals surface area contributed by atoms with Gasteiger partial charge in [-0.3, -0.25) is 14.6 Å². The van der Waals surface area contributed by atoms with Crippen molar-refractivity contribution in [2.75, 3.05) is 6.54 Å². The number of pyridine rings is 1. The van der Waals surface area contributed by atoms with Crippen LogP contribution >= 0.6 is 0 Å². The van der Waals surface area contributed by atoms with E-state index in [2.05, 4.69) is 4.98 Å². The highest BCUT2D eigenvalue weighted by molar-refractivity contribution is 5.96. The van der Waals surface area contributed by atoms with E-state index in [0.717, 1.165) is 35.3 Å². The second-order valence-corrected chi connectivity index (χ2v) is 7.23. The molecule has 2 aromatic heterocycles. The number of benzene rings is 1. The third kappa shape index (κ3) is 4.15. The molecule has 1 fully saturated rings. The molecule has 1 aromatic carbocycles. The molecule has 2 N–H and O–H groups in total. The second-order valence-electron chi connectivity index (χ2n) is 7.23. The first-order chi connectivity index (χ1) is 14.6. The molecule has 7 nitrogen and oxygen atoms in total. The second kappa shape index (κ2) is 8.73. The summed E-state index contributed by atoms with van der Waals surface area (Å²) in [7, 11) is 0. The summed E-state index contributed by atoms with van der Waals surface area (Å²) in [4.78, 5) is 30.3. The first-order valence-electron chi connectivity index (χ1n) is 9.97. The average Bonchev–Trinajstić information content (AvgIpc) is 3.23. The number of likely N-dealkylation sites (tertiary alicyclic amines) is 1. The summed E-state index contributed by atoms with van der Waals surface area (Å²) in [6.07, 6.45) is 10.9. The number of primary amides is 1. The molecule has 1 unspecified atom stereocenters. The monoisotopic (exact) mass is 401 g/mol. The Labute approximate surface area is 174 Å². The number of carbonyl (C=O) groups excluding carboxylic acids is 2. The largest absolute Gasteiger partial charge is 0.368 e. The van der Waals surface area contributed by atoms with Gasteiger partial charge in [-0.1, -0.05) is 18.2 Å². The zero-order valence-electron chi connectivity index (χ0n) is 16.5. The van der Waals surface area contributed by atoms with E-state index in [1.165, 1.54) is 6.08 Å². The van der Waals surface area contributed by atoms with Crippen LogP contribution in [0.3, 0.4) is 0 Å². The number of nitrogens with zero attached hydrogens (tertiary/aromatic N) is 4. The highest BCUT2D eigenvalue weighted by Gasteiger charge is 2.29. The summed E-state index contributed by atoms with van der Waals surface area (Å²) in [6.45, 7) is 0.537. The van der Waals surface area contributed by atoms with Crippen LogP contribution in [0.1, 0.15) is 24.8 Å². The third-order valence-electron chi connectivity index (χ3n) is 5.22. The van der Waals surface area contributed by atoms with Crippen LogP contribution in [-0.2, 0) is 9.59 Å². The number of piperidine rings is 1. The van der Waals surface area contributed by atoms with Crippen molar-refractivity contribution in [1.82, 2.24) is 19.7 Å². The Balaban J connectivity index is 1.66. The van der Waals surface area contributed by atoms with Gasteiger partial charge in [0, 0.05) is 42.3 Å². The number of carbonyl (C=O) groups is 2. The van der Waals surface area contributed by atoms with Crippen LogP contribution in [0.25, 0.3) is 23.0 Å². The van der Waals surface area contributed by atoms with Gasteiger partial charge in [-0.25, -0.2) is 4.68 Å². The highest BCUT2D eigenvalue weighted by atomic mass is 16.2. The number of rotatable bonds is 5. The Bertz CT molecular complexity index is 1060. The number of hydrogen-bond acceptors (Lipinski definition) is 4. The van der Waals surface area contributed by atoms with Gasteiger partial charge in [-0.15, -0.1) is 0 Å². The van der Waals surface area contributed by atoms with Crippen LogP contribution in [0.2, 0.25) is 0 Å². The third-order valence-corrected chi connectivity index (χ3v) is 5.22. The fourth-order valence-corrected chi connectivity index (χ4v) is 3.70. The SMILES string of the molecule is NC(=O)C1CCCCN1C(=O)/C=C/c1cn(-c2ccccc2)nc1-c1cccnc1. The van der Waals surface area contributed by atoms with Gasteiger partial charge >= 0.3 is 0 Å². The first-order valence-corrected chi connectivity index (χ1v) is 9.97. The maximum absolute atomic E-state index is 12.8. The summed E-state index contributed by atoms with van der Waals surface area (Å²) in [5.74, 6) is -0.674. The summed E-state index contributed by atoms with van der Waals surface area (Å²) < 4.78 is 1.78. The zero-order valence-corrected chi connectivity index (χ0v) is 16.5. The molecule has 4 rings (SSSR count). The van der Waals surface area contributed by atoms with Crippen LogP contribution in [0, 0.1) is 0 Å². The average molecular weight is 401 g/mol. The number of hydrogen-bond donors (Lipinski definition) is 1. The molecule has 0 bridgehead atoms. The molecule has 7 heteroatoms. The van der Waals surface area contributed by atoms with E-state index in [0.29, 0.717) is 13.0 Å². The Kier molecular flexibility index (Phi) is 5.70. The lowest BCUT2D eigenvalue weighted by Gasteiger charge is -2.32. The van der Waals surface area contributed by atoms with Crippen molar-refractivity contribution in [2.45, 2.75) is 25.3 Å². The standard InChI is InChI=1S/C23H23N5O2/c24-23(30)20-10-4-5-14-27(20)21(29)12-11-18-16-28(19-8-2-1-3-9-19)26-22(18)17-7-6-13-25-15-17/h1-3,6-9,11-13,15-16,20H,4-5,10,14H2,(H2,24,30)/b12-11+. The van der Waals surface area contributed by atoms with Gasteiger partial charge in [0.2, 0.25) is 11.8 Å². The quantitative estimate of drug-likeness (QED) is 0.665. The van der Waals surface area contributed by atoms with E-state index < -0.39 is 11.9 Å². The van der Waals surface area contributed by atoms with Crippen molar-refractivity contribution in [2.24, 2.45) is 5.73 Å². The van der Waals surface area contributed by atoms with Crippen molar-refractivity contribution in [1.29, 1.82) is 0 Å². The molecule has 30 heavy (non-hydrogen) atoms. The molecular weight excluding hydrogens is 378 g/mol. The molecule has 3 heterocycles. The Hall–Kier alpha value is -3.74. The van der Waals surface area contributed by atoms with E-state index >= 15 is 0 Å². The van der Waals surface area contributed by atoms with Crippen LogP contribution in [0.5, 0.6) is 0 Å². The lowest BCUT2D eigenvalue weighted by molar-refractivity contribution is -0.137. The van der Waals surface area contributed by atoms with E-state index in [1.807, 2.05) is 48.7 Å². The van der Waals surface area contributed by atoms with Crippen molar-refractivity contribution < 1.29 is 9.59 Å². The first kappa shape index (κ1) is 19.6. The summed E-state index contributed by atoms with van der Waals surface area (Å²) >= 11 is 0. The molecule has 2 amide bonds. The molecule has 0 aliphatic carbocycles. The maximum atomic E-state index is 12.8. The molecule has 152 valence electrons. The van der Waals surface area contributed by atoms with Gasteiger partial charge in [0.25, 0.3) is 0 Å². The molecule has 1 saturated heterocycles. The molecule has 3 aromatic rings. The predicted molar refractivity (Wildman–Crippen MR) is 114 cm³/mol. The van der Waals surface area contributed by atoms with Crippen LogP contribution in [-0.4, -0.2) is 44.1 Å². The number of para-hydroxylation sites is 1. The molecule has 1 aliphatic rings. The highest BCUT2D eigenvalue weighted by Crippen LogP contribution is 2.25. The van der Waals surface area contributed by atoms with Gasteiger partial charge in [0.15, 0.2) is 0 Å². The lowest BCUT2D eigenvalue weighted by atomic mass is 10.0. The van der Waals surface area contributed by atoms with Crippen LogP contribution in [0.15, 0.2) is 67.1 Å². The normalized spacial score (nSPS) is 16.7. The van der Waals surface area contributed by atoms with Crippen molar-refractivity contribution in [3.63, 3.8) is 0 Å². The molecule has 1 atom stereocenters. The van der Waals surface area contributed by atoms with E-state index in [1.54, 1.807) is 28.1 Å². The molecule has 1 aliphatic heterocycles. The number of amides is 2. The van der Waals surface area contributed by atoms with Gasteiger partial charge in [0.1, 0.15) is 11.7 Å². The van der Waals surface area contributed by atoms with Gasteiger partial charge < -0.3 is 10.6 Å². The minimum absolute atomic E-state index is 0.219. The Morgan fingerprint density at radius 3 is 2.67 bits per heavy atom. The van der Waals surface area contributed by atoms with Gasteiger partial charge in [-0.05, 0) is 49.6 Å². The zero-order chi connectivity index (χ0) is 20.9. The van der Waals surface area contributed by atoms with Crippen LogP contribution in [0.4, 0.5) is 0 Å². The number of nitrogens with two attached hydrogens (primary N) is 1. The Morgan fingerprint density at radius 1 is 1.10 bits per heavy atom. The topological polar surface area (TPSA) is 94.1 Å². The van der Waals surface area contributed by atoms with Crippen molar-refractivity contribution >= 4 is 17.9 Å². The van der Waals surface area contributed by atoms with Gasteiger partial charge in [-0.2, -0.15) is 5.10 Å². The van der Waals surface area contributed by atoms with Crippen molar-refractivity contribution in [3.8, 4) is 16.9 Å². The number of aromatic nitrogens is 3. The summed E-state index contributed by atoms with van der Waals surface area (Å²) in [5.41, 5.74) is 8.77. The van der Waals surface area contributed by atoms with Crippen LogP contribution < -0.4 is 5.73 Å². The van der Waals surface area contributed by atoms with E-state index in [-0.39, 0.29) is 5.91 Å². The fourth-order valence-electron chi connectivity index (χ4n) is 3.70. The van der Waals surface area contributed by atoms with E-state index in [4.69, 9.17) is 10.8 Å². The van der Waals surface area contributed by atoms with E-state index in [9.17, 15) is 9.59 Å². The molecular formula is C23H23N5O2. The smallest absolute Gasteiger partial charge is 0.247 e.